The van der Waals surface area contributed by atoms with Crippen molar-refractivity contribution in [2.45, 2.75) is 57.9 Å². The summed E-state index contributed by atoms with van der Waals surface area (Å²) in [5, 5.41) is 10.6. The highest BCUT2D eigenvalue weighted by Crippen LogP contribution is 2.48. The van der Waals surface area contributed by atoms with Crippen molar-refractivity contribution in [3.8, 4) is 0 Å². The quantitative estimate of drug-likeness (QED) is 0.600. The summed E-state index contributed by atoms with van der Waals surface area (Å²) in [6.45, 7) is 9.77. The molecule has 0 spiro atoms. The first-order valence-electron chi connectivity index (χ1n) is 9.44. The maximum Gasteiger partial charge on any atom is 0.232 e. The lowest BCUT2D eigenvalue weighted by molar-refractivity contribution is 0.318. The Morgan fingerprint density at radius 1 is 1.26 bits per heavy atom. The van der Waals surface area contributed by atoms with Crippen molar-refractivity contribution in [1.29, 1.82) is 0 Å². The zero-order valence-electron chi connectivity index (χ0n) is 16.5. The van der Waals surface area contributed by atoms with Gasteiger partial charge < -0.3 is 15.2 Å². The van der Waals surface area contributed by atoms with E-state index in [1.54, 1.807) is 6.07 Å². The molecule has 1 aromatic carbocycles. The van der Waals surface area contributed by atoms with Crippen LogP contribution < -0.4 is 10.6 Å². The summed E-state index contributed by atoms with van der Waals surface area (Å²) in [6, 6.07) is 7.02. The summed E-state index contributed by atoms with van der Waals surface area (Å²) in [4.78, 5) is 8.95. The van der Waals surface area contributed by atoms with Crippen LogP contribution in [0.2, 0.25) is 0 Å². The lowest BCUT2D eigenvalue weighted by Crippen LogP contribution is -2.41. The van der Waals surface area contributed by atoms with Crippen LogP contribution in [0.1, 0.15) is 57.8 Å². The average Bonchev–Trinajstić information content (AvgIpc) is 3.24. The van der Waals surface area contributed by atoms with E-state index in [-0.39, 0.29) is 16.6 Å². The number of aliphatic imine (C=N–C) groups is 1. The lowest BCUT2D eigenvalue weighted by Gasteiger charge is -2.19. The topological polar surface area (TPSA) is 75.3 Å². The fourth-order valence-electron chi connectivity index (χ4n) is 2.95. The van der Waals surface area contributed by atoms with Crippen LogP contribution in [0, 0.1) is 5.82 Å². The van der Waals surface area contributed by atoms with Gasteiger partial charge in [0.15, 0.2) is 11.8 Å². The molecule has 0 amide bonds. The molecule has 1 saturated carbocycles. The van der Waals surface area contributed by atoms with Crippen molar-refractivity contribution in [2.24, 2.45) is 4.99 Å². The molecule has 146 valence electrons. The predicted octanol–water partition coefficient (Wildman–Crippen LogP) is 3.29. The maximum atomic E-state index is 14.2. The van der Waals surface area contributed by atoms with Gasteiger partial charge in [0.2, 0.25) is 5.89 Å². The first-order valence-corrected chi connectivity index (χ1v) is 9.44. The van der Waals surface area contributed by atoms with E-state index in [4.69, 9.17) is 4.52 Å². The minimum atomic E-state index is -0.185. The zero-order valence-corrected chi connectivity index (χ0v) is 16.5. The van der Waals surface area contributed by atoms with Gasteiger partial charge >= 0.3 is 0 Å². The minimum Gasteiger partial charge on any atom is -0.357 e. The van der Waals surface area contributed by atoms with E-state index >= 15 is 0 Å². The Morgan fingerprint density at radius 2 is 2.00 bits per heavy atom. The number of nitrogens with one attached hydrogen (secondary N) is 2. The standard InChI is InChI=1S/C20H28FN5O/c1-5-22-18(23-12-16-25-17(27-26-16)19(2,3)4)24-13-20(10-11-20)14-8-6-7-9-15(14)21/h6-9H,5,10-13H2,1-4H3,(H2,22,23,24). The smallest absolute Gasteiger partial charge is 0.232 e. The van der Waals surface area contributed by atoms with Gasteiger partial charge in [-0.05, 0) is 31.4 Å². The largest absolute Gasteiger partial charge is 0.357 e. The number of nitrogens with zero attached hydrogens (tertiary/aromatic N) is 3. The summed E-state index contributed by atoms with van der Waals surface area (Å²) in [5.41, 5.74) is 0.449. The highest BCUT2D eigenvalue weighted by molar-refractivity contribution is 5.79. The van der Waals surface area contributed by atoms with E-state index in [9.17, 15) is 4.39 Å². The van der Waals surface area contributed by atoms with Crippen LogP contribution in [0.25, 0.3) is 0 Å². The number of rotatable bonds is 6. The van der Waals surface area contributed by atoms with Gasteiger partial charge in [-0.1, -0.05) is 44.1 Å². The fourth-order valence-corrected chi connectivity index (χ4v) is 2.95. The summed E-state index contributed by atoms with van der Waals surface area (Å²) in [5.74, 6) is 1.68. The van der Waals surface area contributed by atoms with E-state index in [0.29, 0.717) is 30.8 Å². The van der Waals surface area contributed by atoms with Crippen molar-refractivity contribution in [3.63, 3.8) is 0 Å². The van der Waals surface area contributed by atoms with Crippen molar-refractivity contribution in [2.75, 3.05) is 13.1 Å². The maximum absolute atomic E-state index is 14.2. The molecule has 2 N–H and O–H groups in total. The average molecular weight is 373 g/mol. The minimum absolute atomic E-state index is 0.139. The Balaban J connectivity index is 1.65. The Labute approximate surface area is 159 Å². The molecule has 1 aliphatic rings. The van der Waals surface area contributed by atoms with Gasteiger partial charge in [-0.25, -0.2) is 9.38 Å². The number of guanidine groups is 1. The van der Waals surface area contributed by atoms with Crippen LogP contribution in [0.3, 0.4) is 0 Å². The monoisotopic (exact) mass is 373 g/mol. The molecule has 6 nitrogen and oxygen atoms in total. The Kier molecular flexibility index (Phi) is 5.48. The third-order valence-corrected chi connectivity index (χ3v) is 4.73. The second kappa shape index (κ2) is 7.66. The summed E-state index contributed by atoms with van der Waals surface area (Å²) >= 11 is 0. The number of halogens is 1. The van der Waals surface area contributed by atoms with Gasteiger partial charge in [-0.3, -0.25) is 0 Å². The Hall–Kier alpha value is -2.44. The molecule has 1 aliphatic carbocycles. The molecular weight excluding hydrogens is 345 g/mol. The van der Waals surface area contributed by atoms with Crippen molar-refractivity contribution in [3.05, 3.63) is 47.4 Å². The second-order valence-electron chi connectivity index (χ2n) is 8.07. The first kappa shape index (κ1) is 19.3. The second-order valence-corrected chi connectivity index (χ2v) is 8.07. The molecule has 1 fully saturated rings. The molecule has 1 heterocycles. The van der Waals surface area contributed by atoms with Crippen molar-refractivity contribution >= 4 is 5.96 Å². The third-order valence-electron chi connectivity index (χ3n) is 4.73. The predicted molar refractivity (Wildman–Crippen MR) is 103 cm³/mol. The molecule has 7 heteroatoms. The Bertz CT molecular complexity index is 805. The highest BCUT2D eigenvalue weighted by Gasteiger charge is 2.45. The molecule has 0 aliphatic heterocycles. The number of aromatic nitrogens is 2. The normalized spacial score (nSPS) is 16.3. The number of benzene rings is 1. The molecule has 1 aromatic heterocycles. The Morgan fingerprint density at radius 3 is 2.59 bits per heavy atom. The molecule has 3 rings (SSSR count). The molecule has 27 heavy (non-hydrogen) atoms. The molecule has 0 bridgehead atoms. The molecule has 0 atom stereocenters. The van der Waals surface area contributed by atoms with E-state index in [1.807, 2.05) is 39.8 Å². The summed E-state index contributed by atoms with van der Waals surface area (Å²) in [6.07, 6.45) is 1.94. The van der Waals surface area contributed by atoms with Crippen LogP contribution in [-0.4, -0.2) is 29.2 Å². The van der Waals surface area contributed by atoms with Crippen molar-refractivity contribution in [1.82, 2.24) is 20.8 Å². The summed E-state index contributed by atoms with van der Waals surface area (Å²) < 4.78 is 19.5. The van der Waals surface area contributed by atoms with Gasteiger partial charge in [0, 0.05) is 23.9 Å². The van der Waals surface area contributed by atoms with Crippen LogP contribution in [0.5, 0.6) is 0 Å². The number of hydrogen-bond donors (Lipinski definition) is 2. The molecular formula is C20H28FN5O. The van der Waals surface area contributed by atoms with E-state index in [0.717, 1.165) is 24.9 Å². The highest BCUT2D eigenvalue weighted by atomic mass is 19.1. The first-order chi connectivity index (χ1) is 12.8. The van der Waals surface area contributed by atoms with Crippen LogP contribution >= 0.6 is 0 Å². The zero-order chi connectivity index (χ0) is 19.5. The van der Waals surface area contributed by atoms with Crippen LogP contribution in [-0.2, 0) is 17.4 Å². The molecule has 2 aromatic rings. The van der Waals surface area contributed by atoms with Crippen LogP contribution in [0.4, 0.5) is 4.39 Å². The molecule has 0 radical (unpaired) electrons. The van der Waals surface area contributed by atoms with E-state index in [1.165, 1.54) is 6.07 Å². The third kappa shape index (κ3) is 4.64. The van der Waals surface area contributed by atoms with E-state index in [2.05, 4.69) is 25.8 Å². The SMILES string of the molecule is CCNC(=NCc1noc(C(C)(C)C)n1)NCC1(c2ccccc2F)CC1. The van der Waals surface area contributed by atoms with E-state index < -0.39 is 0 Å². The van der Waals surface area contributed by atoms with Crippen molar-refractivity contribution < 1.29 is 8.91 Å². The fraction of sp³-hybridized carbons (Fsp3) is 0.550. The molecule has 0 unspecified atom stereocenters. The lowest BCUT2D eigenvalue weighted by atomic mass is 9.95. The molecule has 0 saturated heterocycles. The number of hydrogen-bond acceptors (Lipinski definition) is 4. The summed E-state index contributed by atoms with van der Waals surface area (Å²) in [7, 11) is 0. The van der Waals surface area contributed by atoms with Gasteiger partial charge in [-0.2, -0.15) is 4.98 Å². The van der Waals surface area contributed by atoms with Gasteiger partial charge in [0.25, 0.3) is 0 Å². The van der Waals surface area contributed by atoms with Gasteiger partial charge in [0.1, 0.15) is 12.4 Å². The van der Waals surface area contributed by atoms with Crippen LogP contribution in [0.15, 0.2) is 33.8 Å². The van der Waals surface area contributed by atoms with Gasteiger partial charge in [0.05, 0.1) is 0 Å². The van der Waals surface area contributed by atoms with Gasteiger partial charge in [-0.15, -0.1) is 0 Å².